The molecule has 3 aliphatic heterocycles. The Hall–Kier alpha value is -4.36. The molecule has 3 saturated heterocycles. The van der Waals surface area contributed by atoms with Gasteiger partial charge in [0, 0.05) is 42.4 Å². The highest BCUT2D eigenvalue weighted by Gasteiger charge is 2.49. The number of halogens is 5. The average Bonchev–Trinajstić information content (AvgIpc) is 3.94. The topological polar surface area (TPSA) is 129 Å². The van der Waals surface area contributed by atoms with Crippen LogP contribution in [0, 0.1) is 29.9 Å². The summed E-state index contributed by atoms with van der Waals surface area (Å²) in [6.07, 6.45) is 3.05. The van der Waals surface area contributed by atoms with Gasteiger partial charge in [0.1, 0.15) is 52.0 Å². The summed E-state index contributed by atoms with van der Waals surface area (Å²) in [4.78, 5) is 33.2. The highest BCUT2D eigenvalue weighted by atomic mass is 35.5. The number of likely N-dealkylation sites (N-methyl/N-ethyl adjacent to an activating group) is 1. The van der Waals surface area contributed by atoms with E-state index in [1.165, 1.54) is 22.9 Å². The molecular formula is C37H36Cl2F3N9O2S. The van der Waals surface area contributed by atoms with Crippen molar-refractivity contribution in [1.29, 1.82) is 5.26 Å². The molecule has 0 bridgehead atoms. The van der Waals surface area contributed by atoms with Crippen LogP contribution in [-0.2, 0) is 0 Å². The molecule has 3 fully saturated rings. The molecular weight excluding hydrogens is 762 g/mol. The maximum Gasteiger partial charge on any atom is 0.329 e. The SMILES string of the molecule is CCN(c1nc(OC[C@@]23CCCN2C[C@H](F)C3)nc2c(F)c(-c3ccc(F)c4sc(N)c(C#N)c34)c(Cl)cc12)[C@@H]1CCN(C(=O)n2cc(Cl)nc2C)[C@@H]1C. The number of likely N-dealkylation sites (tertiary alicyclic amines) is 1. The van der Waals surface area contributed by atoms with Crippen molar-refractivity contribution in [2.45, 2.75) is 70.2 Å². The van der Waals surface area contributed by atoms with Gasteiger partial charge in [-0.25, -0.2) is 22.9 Å². The molecule has 3 aromatic heterocycles. The van der Waals surface area contributed by atoms with Gasteiger partial charge < -0.3 is 20.3 Å². The summed E-state index contributed by atoms with van der Waals surface area (Å²) in [6.45, 7) is 7.63. The number of ether oxygens (including phenoxy) is 1. The number of nitrogen functional groups attached to an aromatic ring is 1. The first-order valence-electron chi connectivity index (χ1n) is 17.8. The third kappa shape index (κ3) is 5.80. The molecule has 2 aromatic carbocycles. The van der Waals surface area contributed by atoms with Gasteiger partial charge in [0.15, 0.2) is 5.82 Å². The van der Waals surface area contributed by atoms with Gasteiger partial charge in [-0.2, -0.15) is 15.2 Å². The van der Waals surface area contributed by atoms with Crippen molar-refractivity contribution >= 4 is 72.4 Å². The van der Waals surface area contributed by atoms with E-state index in [0.29, 0.717) is 49.5 Å². The van der Waals surface area contributed by atoms with Gasteiger partial charge in [0.2, 0.25) is 0 Å². The van der Waals surface area contributed by atoms with Crippen molar-refractivity contribution in [2.24, 2.45) is 0 Å². The van der Waals surface area contributed by atoms with Gasteiger partial charge >= 0.3 is 12.0 Å². The number of nitriles is 1. The van der Waals surface area contributed by atoms with E-state index < -0.39 is 23.3 Å². The number of anilines is 2. The lowest BCUT2D eigenvalue weighted by Crippen LogP contribution is -2.47. The minimum atomic E-state index is -0.978. The molecule has 282 valence electrons. The third-order valence-corrected chi connectivity index (χ3v) is 12.8. The molecule has 0 radical (unpaired) electrons. The number of benzene rings is 2. The third-order valence-electron chi connectivity index (χ3n) is 11.3. The van der Waals surface area contributed by atoms with Crippen LogP contribution in [0.1, 0.15) is 50.9 Å². The van der Waals surface area contributed by atoms with E-state index in [0.717, 1.165) is 30.7 Å². The van der Waals surface area contributed by atoms with Gasteiger partial charge in [0.05, 0.1) is 39.1 Å². The number of aryl methyl sites for hydroxylation is 1. The lowest BCUT2D eigenvalue weighted by Gasteiger charge is -2.35. The molecule has 8 rings (SSSR count). The molecule has 6 heterocycles. The number of nitrogens with zero attached hydrogens (tertiary/aromatic N) is 8. The van der Waals surface area contributed by atoms with Gasteiger partial charge in [0.25, 0.3) is 0 Å². The predicted octanol–water partition coefficient (Wildman–Crippen LogP) is 7.97. The number of carbonyl (C=O) groups is 1. The van der Waals surface area contributed by atoms with Gasteiger partial charge in [-0.15, -0.1) is 11.3 Å². The van der Waals surface area contributed by atoms with Gasteiger partial charge in [-0.05, 0) is 64.3 Å². The van der Waals surface area contributed by atoms with E-state index in [1.807, 2.05) is 24.8 Å². The van der Waals surface area contributed by atoms with E-state index in [9.17, 15) is 14.4 Å². The Morgan fingerprint density at radius 3 is 2.76 bits per heavy atom. The number of alkyl halides is 1. The second kappa shape index (κ2) is 13.7. The second-order valence-corrected chi connectivity index (χ2v) is 16.1. The van der Waals surface area contributed by atoms with Crippen LogP contribution in [0.5, 0.6) is 6.01 Å². The Morgan fingerprint density at radius 2 is 2.04 bits per heavy atom. The summed E-state index contributed by atoms with van der Waals surface area (Å²) in [6, 6.07) is 5.20. The highest BCUT2D eigenvalue weighted by Crippen LogP contribution is 2.46. The maximum absolute atomic E-state index is 17.3. The molecule has 1 amide bonds. The molecule has 3 aliphatic rings. The number of hydrogen-bond donors (Lipinski definition) is 1. The fourth-order valence-corrected chi connectivity index (χ4v) is 10.2. The monoisotopic (exact) mass is 797 g/mol. The van der Waals surface area contributed by atoms with Crippen LogP contribution < -0.4 is 15.4 Å². The van der Waals surface area contributed by atoms with Crippen LogP contribution >= 0.6 is 34.5 Å². The van der Waals surface area contributed by atoms with E-state index in [-0.39, 0.29) is 78.2 Å². The van der Waals surface area contributed by atoms with Crippen molar-refractivity contribution in [2.75, 3.05) is 43.4 Å². The lowest BCUT2D eigenvalue weighted by atomic mass is 9.95. The van der Waals surface area contributed by atoms with E-state index in [1.54, 1.807) is 17.9 Å². The van der Waals surface area contributed by atoms with E-state index >= 15 is 8.78 Å². The second-order valence-electron chi connectivity index (χ2n) is 14.2. The van der Waals surface area contributed by atoms with E-state index in [2.05, 4.69) is 14.9 Å². The molecule has 5 aromatic rings. The van der Waals surface area contributed by atoms with Crippen molar-refractivity contribution in [3.8, 4) is 23.2 Å². The Bertz CT molecular complexity index is 2380. The van der Waals surface area contributed by atoms with Crippen molar-refractivity contribution in [3.63, 3.8) is 0 Å². The minimum Gasteiger partial charge on any atom is -0.461 e. The van der Waals surface area contributed by atoms with Crippen LogP contribution in [-0.4, -0.2) is 91.9 Å². The van der Waals surface area contributed by atoms with Crippen molar-refractivity contribution < 1.29 is 22.7 Å². The number of amides is 1. The van der Waals surface area contributed by atoms with E-state index in [4.69, 9.17) is 38.7 Å². The van der Waals surface area contributed by atoms with Crippen LogP contribution in [0.15, 0.2) is 24.4 Å². The summed E-state index contributed by atoms with van der Waals surface area (Å²) >= 11 is 13.9. The maximum atomic E-state index is 17.3. The Balaban J connectivity index is 1.26. The molecule has 11 nitrogen and oxygen atoms in total. The predicted molar refractivity (Wildman–Crippen MR) is 203 cm³/mol. The average molecular weight is 799 g/mol. The Kier molecular flexibility index (Phi) is 9.31. The van der Waals surface area contributed by atoms with Gasteiger partial charge in [-0.3, -0.25) is 9.47 Å². The molecule has 4 atom stereocenters. The zero-order valence-electron chi connectivity index (χ0n) is 29.7. The fourth-order valence-electron chi connectivity index (χ4n) is 8.77. The minimum absolute atomic E-state index is 0.0136. The number of carbonyl (C=O) groups excluding carboxylic acids is 1. The number of hydrogen-bond acceptors (Lipinski definition) is 10. The first kappa shape index (κ1) is 36.6. The highest BCUT2D eigenvalue weighted by molar-refractivity contribution is 7.23. The lowest BCUT2D eigenvalue weighted by molar-refractivity contribution is 0.107. The number of thiophene rings is 1. The number of aromatic nitrogens is 4. The Morgan fingerprint density at radius 1 is 1.24 bits per heavy atom. The first-order chi connectivity index (χ1) is 25.8. The summed E-state index contributed by atoms with van der Waals surface area (Å²) in [5.41, 5.74) is 5.60. The summed E-state index contributed by atoms with van der Waals surface area (Å²) in [5.74, 6) is -0.618. The molecule has 0 unspecified atom stereocenters. The summed E-state index contributed by atoms with van der Waals surface area (Å²) in [7, 11) is 0. The number of nitrogens with two attached hydrogens (primary N) is 1. The number of rotatable bonds is 7. The van der Waals surface area contributed by atoms with Crippen LogP contribution in [0.3, 0.4) is 0 Å². The smallest absolute Gasteiger partial charge is 0.329 e. The number of fused-ring (bicyclic) bond motifs is 3. The number of imidazole rings is 1. The fraction of sp³-hybridized carbons (Fsp3) is 0.432. The first-order valence-corrected chi connectivity index (χ1v) is 19.3. The molecule has 0 saturated carbocycles. The molecule has 17 heteroatoms. The standard InChI is InChI=1S/C37H36Cl2F3N9O2S/c1-4-49(26-8-11-50(18(26)2)36(52)51-16-27(39)45-19(51)3)34-22-12-24(38)29(21-6-7-25(41)32-28(21)23(14-43)33(44)54-32)30(42)31(22)46-35(47-34)53-17-37-9-5-10-48(37)15-20(40)13-37/h6-7,12,16,18,20,26H,4-5,8-11,13,15,17,44H2,1-3H3/t18-,20-,26-,37+/m1/s1. The van der Waals surface area contributed by atoms with Gasteiger partial charge in [-0.1, -0.05) is 29.3 Å². The van der Waals surface area contributed by atoms with Crippen LogP contribution in [0.2, 0.25) is 10.2 Å². The Labute approximate surface area is 323 Å². The summed E-state index contributed by atoms with van der Waals surface area (Å²) < 4.78 is 54.8. The zero-order valence-corrected chi connectivity index (χ0v) is 32.0. The normalized spacial score (nSPS) is 22.7. The zero-order chi connectivity index (χ0) is 38.2. The van der Waals surface area contributed by atoms with Crippen LogP contribution in [0.4, 0.5) is 28.8 Å². The molecule has 0 aliphatic carbocycles. The van der Waals surface area contributed by atoms with Crippen molar-refractivity contribution in [1.82, 2.24) is 29.3 Å². The molecule has 0 spiro atoms. The summed E-state index contributed by atoms with van der Waals surface area (Å²) in [5, 5.41) is 10.7. The quantitative estimate of drug-likeness (QED) is 0.174. The van der Waals surface area contributed by atoms with Crippen LogP contribution in [0.25, 0.3) is 32.1 Å². The largest absolute Gasteiger partial charge is 0.461 e. The van der Waals surface area contributed by atoms with Crippen molar-refractivity contribution in [3.05, 3.63) is 57.6 Å². The molecule has 2 N–H and O–H groups in total. The molecule has 54 heavy (non-hydrogen) atoms.